The van der Waals surface area contributed by atoms with Crippen molar-refractivity contribution >= 4 is 22.7 Å². The molecule has 7 nitrogen and oxygen atoms in total. The Balaban J connectivity index is 1.65. The summed E-state index contributed by atoms with van der Waals surface area (Å²) in [7, 11) is 1.65. The number of hydrogen-bond acceptors (Lipinski definition) is 6. The lowest BCUT2D eigenvalue weighted by Crippen LogP contribution is -2.13. The van der Waals surface area contributed by atoms with Crippen molar-refractivity contribution < 1.29 is 4.74 Å². The summed E-state index contributed by atoms with van der Waals surface area (Å²) in [5.41, 5.74) is 1.56. The number of H-pyrrole nitrogens is 1. The van der Waals surface area contributed by atoms with Gasteiger partial charge in [0.2, 0.25) is 0 Å². The minimum Gasteiger partial charge on any atom is -0.497 e. The first-order valence-corrected chi connectivity index (χ1v) is 11.2. The molecule has 2 heterocycles. The summed E-state index contributed by atoms with van der Waals surface area (Å²) >= 11 is 1.55. The Morgan fingerprint density at radius 2 is 1.90 bits per heavy atom. The van der Waals surface area contributed by atoms with Crippen LogP contribution in [0.25, 0.3) is 22.3 Å². The van der Waals surface area contributed by atoms with Crippen molar-refractivity contribution in [3.05, 3.63) is 64.7 Å². The zero-order valence-electron chi connectivity index (χ0n) is 17.8. The Morgan fingerprint density at radius 3 is 2.65 bits per heavy atom. The number of ether oxygens (including phenoxy) is 1. The summed E-state index contributed by atoms with van der Waals surface area (Å²) in [5, 5.41) is 10.2. The molecule has 0 amide bonds. The van der Waals surface area contributed by atoms with Gasteiger partial charge in [-0.25, -0.2) is 4.98 Å². The van der Waals surface area contributed by atoms with E-state index in [2.05, 4.69) is 31.7 Å². The first-order valence-electron chi connectivity index (χ1n) is 10.3. The van der Waals surface area contributed by atoms with Crippen LogP contribution in [-0.4, -0.2) is 31.8 Å². The standard InChI is InChI=1S/C23H25N5O2S/c1-4-5-14-28-21(16-10-12-17(30-3)13-11-16)26-27-23(28)31-15(2)20-24-19-9-7-6-8-18(19)22(29)25-20/h6-13,15H,4-5,14H2,1-3H3,(H,24,25,29). The van der Waals surface area contributed by atoms with E-state index in [0.717, 1.165) is 41.7 Å². The number of aromatic amines is 1. The lowest BCUT2D eigenvalue weighted by molar-refractivity contribution is 0.415. The van der Waals surface area contributed by atoms with Crippen LogP contribution in [-0.2, 0) is 6.54 Å². The maximum absolute atomic E-state index is 12.5. The molecule has 2 aromatic carbocycles. The predicted octanol–water partition coefficient (Wildman–Crippen LogP) is 4.84. The summed E-state index contributed by atoms with van der Waals surface area (Å²) in [4.78, 5) is 20.0. The van der Waals surface area contributed by atoms with Crippen molar-refractivity contribution in [1.29, 1.82) is 0 Å². The van der Waals surface area contributed by atoms with Crippen LogP contribution < -0.4 is 10.3 Å². The first kappa shape index (κ1) is 21.1. The van der Waals surface area contributed by atoms with Gasteiger partial charge in [-0.1, -0.05) is 37.2 Å². The highest BCUT2D eigenvalue weighted by Crippen LogP contribution is 2.34. The van der Waals surface area contributed by atoms with Crippen molar-refractivity contribution in [3.63, 3.8) is 0 Å². The Hall–Kier alpha value is -3.13. The van der Waals surface area contributed by atoms with Gasteiger partial charge >= 0.3 is 0 Å². The number of hydrogen-bond donors (Lipinski definition) is 1. The topological polar surface area (TPSA) is 85.7 Å². The van der Waals surface area contributed by atoms with Crippen molar-refractivity contribution in [1.82, 2.24) is 24.7 Å². The van der Waals surface area contributed by atoms with Crippen molar-refractivity contribution in [2.75, 3.05) is 7.11 Å². The van der Waals surface area contributed by atoms with Crippen molar-refractivity contribution in [3.8, 4) is 17.1 Å². The minimum atomic E-state index is -0.126. The highest BCUT2D eigenvalue weighted by molar-refractivity contribution is 7.99. The van der Waals surface area contributed by atoms with E-state index in [0.29, 0.717) is 16.7 Å². The molecule has 1 atom stereocenters. The van der Waals surface area contributed by atoms with E-state index in [9.17, 15) is 4.79 Å². The molecule has 1 N–H and O–H groups in total. The van der Waals surface area contributed by atoms with Gasteiger partial charge in [-0.05, 0) is 49.7 Å². The number of unbranched alkanes of at least 4 members (excludes halogenated alkanes) is 1. The fourth-order valence-corrected chi connectivity index (χ4v) is 4.29. The predicted molar refractivity (Wildman–Crippen MR) is 124 cm³/mol. The lowest BCUT2D eigenvalue weighted by atomic mass is 10.2. The van der Waals surface area contributed by atoms with Gasteiger partial charge in [0.25, 0.3) is 5.56 Å². The number of benzene rings is 2. The molecule has 0 spiro atoms. The molecule has 31 heavy (non-hydrogen) atoms. The van der Waals surface area contributed by atoms with Gasteiger partial charge < -0.3 is 14.3 Å². The molecule has 0 aliphatic rings. The van der Waals surface area contributed by atoms with Crippen LogP contribution in [0.5, 0.6) is 5.75 Å². The van der Waals surface area contributed by atoms with E-state index >= 15 is 0 Å². The molecule has 0 bridgehead atoms. The van der Waals surface area contributed by atoms with E-state index in [1.165, 1.54) is 0 Å². The van der Waals surface area contributed by atoms with E-state index in [1.807, 2.05) is 49.4 Å². The second kappa shape index (κ2) is 9.34. The van der Waals surface area contributed by atoms with E-state index in [-0.39, 0.29) is 10.8 Å². The van der Waals surface area contributed by atoms with Crippen molar-refractivity contribution in [2.24, 2.45) is 0 Å². The number of methoxy groups -OCH3 is 1. The van der Waals surface area contributed by atoms with Crippen LogP contribution in [0.3, 0.4) is 0 Å². The quantitative estimate of drug-likeness (QED) is 0.399. The molecule has 4 rings (SSSR count). The monoisotopic (exact) mass is 435 g/mol. The number of rotatable bonds is 8. The third kappa shape index (κ3) is 4.49. The Kier molecular flexibility index (Phi) is 6.36. The van der Waals surface area contributed by atoms with Crippen LogP contribution >= 0.6 is 11.8 Å². The van der Waals surface area contributed by atoms with Gasteiger partial charge in [0.1, 0.15) is 11.6 Å². The molecule has 160 valence electrons. The van der Waals surface area contributed by atoms with Gasteiger partial charge in [-0.15, -0.1) is 10.2 Å². The van der Waals surface area contributed by atoms with Gasteiger partial charge in [-0.2, -0.15) is 0 Å². The molecular formula is C23H25N5O2S. The van der Waals surface area contributed by atoms with Crippen LogP contribution in [0.15, 0.2) is 58.5 Å². The number of thioether (sulfide) groups is 1. The average Bonchev–Trinajstić information content (AvgIpc) is 3.19. The van der Waals surface area contributed by atoms with Gasteiger partial charge in [-0.3, -0.25) is 4.79 Å². The molecule has 0 saturated carbocycles. The summed E-state index contributed by atoms with van der Waals surface area (Å²) in [6.07, 6.45) is 2.09. The molecule has 8 heteroatoms. The second-order valence-electron chi connectivity index (χ2n) is 7.27. The largest absolute Gasteiger partial charge is 0.497 e. The van der Waals surface area contributed by atoms with E-state index in [4.69, 9.17) is 4.74 Å². The summed E-state index contributed by atoms with van der Waals surface area (Å²) in [6.45, 7) is 5.00. The van der Waals surface area contributed by atoms with Crippen LogP contribution in [0.4, 0.5) is 0 Å². The van der Waals surface area contributed by atoms with Crippen LogP contribution in [0.2, 0.25) is 0 Å². The third-order valence-corrected chi connectivity index (χ3v) is 6.19. The van der Waals surface area contributed by atoms with E-state index < -0.39 is 0 Å². The highest BCUT2D eigenvalue weighted by atomic mass is 32.2. The number of nitrogens with one attached hydrogen (secondary N) is 1. The zero-order valence-corrected chi connectivity index (χ0v) is 18.6. The minimum absolute atomic E-state index is 0.0920. The molecule has 2 aromatic heterocycles. The average molecular weight is 436 g/mol. The zero-order chi connectivity index (χ0) is 21.8. The second-order valence-corrected chi connectivity index (χ2v) is 8.58. The fourth-order valence-electron chi connectivity index (χ4n) is 3.36. The summed E-state index contributed by atoms with van der Waals surface area (Å²) < 4.78 is 7.41. The molecule has 0 radical (unpaired) electrons. The molecule has 0 fully saturated rings. The lowest BCUT2D eigenvalue weighted by Gasteiger charge is -2.13. The molecule has 1 unspecified atom stereocenters. The van der Waals surface area contributed by atoms with E-state index in [1.54, 1.807) is 24.9 Å². The molecular weight excluding hydrogens is 410 g/mol. The Morgan fingerprint density at radius 1 is 1.13 bits per heavy atom. The van der Waals surface area contributed by atoms with Gasteiger partial charge in [0.05, 0.1) is 23.3 Å². The van der Waals surface area contributed by atoms with Gasteiger partial charge in [0, 0.05) is 12.1 Å². The molecule has 0 saturated heterocycles. The van der Waals surface area contributed by atoms with Gasteiger partial charge in [0.15, 0.2) is 11.0 Å². The fraction of sp³-hybridized carbons (Fsp3) is 0.304. The smallest absolute Gasteiger partial charge is 0.258 e. The first-order chi connectivity index (χ1) is 15.1. The number of fused-ring (bicyclic) bond motifs is 1. The van der Waals surface area contributed by atoms with Crippen LogP contribution in [0.1, 0.15) is 37.8 Å². The summed E-state index contributed by atoms with van der Waals surface area (Å²) in [6, 6.07) is 15.2. The highest BCUT2D eigenvalue weighted by Gasteiger charge is 2.19. The molecule has 4 aromatic rings. The normalized spacial score (nSPS) is 12.2. The number of nitrogens with zero attached hydrogens (tertiary/aromatic N) is 4. The maximum Gasteiger partial charge on any atom is 0.258 e. The Bertz CT molecular complexity index is 1230. The Labute approximate surface area is 184 Å². The SMILES string of the molecule is CCCCn1c(SC(C)c2nc3ccccc3c(=O)[nH]2)nnc1-c1ccc(OC)cc1. The summed E-state index contributed by atoms with van der Waals surface area (Å²) in [5.74, 6) is 2.26. The number of para-hydroxylation sites is 1. The molecule has 0 aliphatic heterocycles. The third-order valence-electron chi connectivity index (χ3n) is 5.10. The molecule has 0 aliphatic carbocycles. The van der Waals surface area contributed by atoms with Crippen LogP contribution in [0, 0.1) is 0 Å². The van der Waals surface area contributed by atoms with Crippen molar-refractivity contribution in [2.45, 2.75) is 43.6 Å². The maximum atomic E-state index is 12.5. The number of aromatic nitrogens is 5.